The van der Waals surface area contributed by atoms with Gasteiger partial charge in [-0.05, 0) is 6.92 Å². The van der Waals surface area contributed by atoms with Crippen LogP contribution in [0.3, 0.4) is 0 Å². The SMILES string of the molecule is COc1c(OC(F)(F)F)cnc(C)c1CC(=O)O. The molecule has 0 aliphatic rings. The van der Waals surface area contributed by atoms with E-state index in [4.69, 9.17) is 9.84 Å². The van der Waals surface area contributed by atoms with E-state index >= 15 is 0 Å². The molecular weight excluding hydrogens is 255 g/mol. The molecule has 0 aromatic carbocycles. The molecule has 8 heteroatoms. The fourth-order valence-electron chi connectivity index (χ4n) is 1.39. The molecule has 1 rings (SSSR count). The van der Waals surface area contributed by atoms with E-state index in [1.165, 1.54) is 6.92 Å². The number of ether oxygens (including phenoxy) is 2. The molecule has 0 atom stereocenters. The van der Waals surface area contributed by atoms with E-state index in [0.29, 0.717) is 0 Å². The number of rotatable bonds is 4. The first-order valence-corrected chi connectivity index (χ1v) is 4.74. The molecule has 5 nitrogen and oxygen atoms in total. The monoisotopic (exact) mass is 265 g/mol. The van der Waals surface area contributed by atoms with Crippen molar-refractivity contribution in [1.82, 2.24) is 4.98 Å². The van der Waals surface area contributed by atoms with Crippen LogP contribution in [0.2, 0.25) is 0 Å². The number of carbonyl (C=O) groups is 1. The molecule has 100 valence electrons. The topological polar surface area (TPSA) is 68.7 Å². The minimum atomic E-state index is -4.90. The van der Waals surface area contributed by atoms with Crippen LogP contribution in [0.4, 0.5) is 13.2 Å². The molecule has 0 unspecified atom stereocenters. The van der Waals surface area contributed by atoms with Crippen LogP contribution in [0.5, 0.6) is 11.5 Å². The van der Waals surface area contributed by atoms with E-state index in [0.717, 1.165) is 13.3 Å². The van der Waals surface area contributed by atoms with Gasteiger partial charge in [0.15, 0.2) is 11.5 Å². The zero-order chi connectivity index (χ0) is 13.9. The van der Waals surface area contributed by atoms with Crippen LogP contribution in [0.25, 0.3) is 0 Å². The Labute approximate surface area is 100 Å². The summed E-state index contributed by atoms with van der Waals surface area (Å²) in [6, 6.07) is 0. The summed E-state index contributed by atoms with van der Waals surface area (Å²) in [6.45, 7) is 1.47. The maximum Gasteiger partial charge on any atom is 0.573 e. The number of carboxylic acids is 1. The number of alkyl halides is 3. The van der Waals surface area contributed by atoms with E-state index in [1.54, 1.807) is 0 Å². The standard InChI is InChI=1S/C10H10F3NO4/c1-5-6(3-8(15)16)9(17-2)7(4-14-5)18-10(11,12)13/h4H,3H2,1-2H3,(H,15,16). The van der Waals surface area contributed by atoms with Crippen LogP contribution >= 0.6 is 0 Å². The highest BCUT2D eigenvalue weighted by Gasteiger charge is 2.33. The van der Waals surface area contributed by atoms with Crippen molar-refractivity contribution in [3.05, 3.63) is 17.5 Å². The number of aromatic nitrogens is 1. The molecule has 0 aliphatic heterocycles. The summed E-state index contributed by atoms with van der Waals surface area (Å²) in [5, 5.41) is 8.69. The van der Waals surface area contributed by atoms with Crippen molar-refractivity contribution in [1.29, 1.82) is 0 Å². The summed E-state index contributed by atoms with van der Waals surface area (Å²) < 4.78 is 44.9. The van der Waals surface area contributed by atoms with Gasteiger partial charge < -0.3 is 14.6 Å². The highest BCUT2D eigenvalue weighted by Crippen LogP contribution is 2.35. The summed E-state index contributed by atoms with van der Waals surface area (Å²) in [4.78, 5) is 14.3. The van der Waals surface area contributed by atoms with Gasteiger partial charge in [-0.1, -0.05) is 0 Å². The largest absolute Gasteiger partial charge is 0.573 e. The van der Waals surface area contributed by atoms with E-state index in [-0.39, 0.29) is 17.0 Å². The molecule has 1 N–H and O–H groups in total. The maximum absolute atomic E-state index is 12.1. The third kappa shape index (κ3) is 3.51. The second-order valence-electron chi connectivity index (χ2n) is 3.34. The van der Waals surface area contributed by atoms with Crippen LogP contribution in [0.15, 0.2) is 6.20 Å². The Morgan fingerprint density at radius 3 is 2.56 bits per heavy atom. The Bertz CT molecular complexity index is 459. The molecule has 18 heavy (non-hydrogen) atoms. The van der Waals surface area contributed by atoms with Crippen LogP contribution in [-0.4, -0.2) is 29.5 Å². The van der Waals surface area contributed by atoms with Gasteiger partial charge in [-0.3, -0.25) is 9.78 Å². The molecule has 0 saturated carbocycles. The molecule has 0 spiro atoms. The molecule has 0 amide bonds. The van der Waals surface area contributed by atoms with Crippen molar-refractivity contribution in [2.24, 2.45) is 0 Å². The lowest BCUT2D eigenvalue weighted by atomic mass is 10.1. The summed E-state index contributed by atoms with van der Waals surface area (Å²) in [5.41, 5.74) is 0.315. The molecule has 1 aromatic heterocycles. The van der Waals surface area contributed by atoms with E-state index < -0.39 is 24.5 Å². The molecule has 0 aliphatic carbocycles. The predicted molar refractivity (Wildman–Crippen MR) is 53.5 cm³/mol. The lowest BCUT2D eigenvalue weighted by molar-refractivity contribution is -0.275. The van der Waals surface area contributed by atoms with Crippen molar-refractivity contribution in [3.63, 3.8) is 0 Å². The highest BCUT2D eigenvalue weighted by molar-refractivity contribution is 5.72. The van der Waals surface area contributed by atoms with E-state index in [1.807, 2.05) is 0 Å². The van der Waals surface area contributed by atoms with Crippen molar-refractivity contribution in [2.45, 2.75) is 19.7 Å². The summed E-state index contributed by atoms with van der Waals surface area (Å²) in [6.07, 6.45) is -4.56. The first-order valence-electron chi connectivity index (χ1n) is 4.74. The second-order valence-corrected chi connectivity index (χ2v) is 3.34. The highest BCUT2D eigenvalue weighted by atomic mass is 19.4. The number of methoxy groups -OCH3 is 1. The number of pyridine rings is 1. The van der Waals surface area contributed by atoms with Gasteiger partial charge in [0, 0.05) is 11.3 Å². The fraction of sp³-hybridized carbons (Fsp3) is 0.400. The molecule has 0 saturated heterocycles. The number of halogens is 3. The molecule has 0 bridgehead atoms. The minimum Gasteiger partial charge on any atom is -0.492 e. The second kappa shape index (κ2) is 5.11. The van der Waals surface area contributed by atoms with Crippen LogP contribution in [-0.2, 0) is 11.2 Å². The van der Waals surface area contributed by atoms with Crippen molar-refractivity contribution in [2.75, 3.05) is 7.11 Å². The average molecular weight is 265 g/mol. The van der Waals surface area contributed by atoms with E-state index in [9.17, 15) is 18.0 Å². The number of aryl methyl sites for hydroxylation is 1. The number of hydrogen-bond acceptors (Lipinski definition) is 4. The van der Waals surface area contributed by atoms with Crippen molar-refractivity contribution in [3.8, 4) is 11.5 Å². The zero-order valence-corrected chi connectivity index (χ0v) is 9.54. The quantitative estimate of drug-likeness (QED) is 0.900. The normalized spacial score (nSPS) is 11.2. The van der Waals surface area contributed by atoms with Gasteiger partial charge in [0.1, 0.15) is 0 Å². The van der Waals surface area contributed by atoms with Gasteiger partial charge in [0.05, 0.1) is 19.7 Å². The smallest absolute Gasteiger partial charge is 0.492 e. The van der Waals surface area contributed by atoms with Crippen molar-refractivity contribution < 1.29 is 32.5 Å². The Morgan fingerprint density at radius 1 is 1.50 bits per heavy atom. The summed E-state index contributed by atoms with van der Waals surface area (Å²) in [5.74, 6) is -2.14. The van der Waals surface area contributed by atoms with Gasteiger partial charge >= 0.3 is 12.3 Å². The Hall–Kier alpha value is -1.99. The zero-order valence-electron chi connectivity index (χ0n) is 9.54. The Kier molecular flexibility index (Phi) is 4.00. The fourth-order valence-corrected chi connectivity index (χ4v) is 1.39. The first kappa shape index (κ1) is 14.1. The van der Waals surface area contributed by atoms with Crippen molar-refractivity contribution >= 4 is 5.97 Å². The summed E-state index contributed by atoms with van der Waals surface area (Å²) in [7, 11) is 1.13. The van der Waals surface area contributed by atoms with Crippen LogP contribution in [0.1, 0.15) is 11.3 Å². The first-order chi connectivity index (χ1) is 8.24. The number of aliphatic carboxylic acids is 1. The third-order valence-corrected chi connectivity index (χ3v) is 2.07. The Balaban J connectivity index is 3.24. The summed E-state index contributed by atoms with van der Waals surface area (Å²) >= 11 is 0. The minimum absolute atomic E-state index is 0.0479. The number of nitrogens with zero attached hydrogens (tertiary/aromatic N) is 1. The van der Waals surface area contributed by atoms with Gasteiger partial charge in [0.2, 0.25) is 0 Å². The lowest BCUT2D eigenvalue weighted by Crippen LogP contribution is -2.18. The lowest BCUT2D eigenvalue weighted by Gasteiger charge is -2.15. The third-order valence-electron chi connectivity index (χ3n) is 2.07. The van der Waals surface area contributed by atoms with E-state index in [2.05, 4.69) is 9.72 Å². The van der Waals surface area contributed by atoms with Crippen LogP contribution < -0.4 is 9.47 Å². The molecule has 1 heterocycles. The molecule has 1 aromatic rings. The predicted octanol–water partition coefficient (Wildman–Crippen LogP) is 1.92. The van der Waals surface area contributed by atoms with Gasteiger partial charge in [-0.25, -0.2) is 0 Å². The van der Waals surface area contributed by atoms with Crippen LogP contribution in [0, 0.1) is 6.92 Å². The van der Waals surface area contributed by atoms with Gasteiger partial charge in [-0.15, -0.1) is 13.2 Å². The molecule has 0 radical (unpaired) electrons. The maximum atomic E-state index is 12.1. The number of hydrogen-bond donors (Lipinski definition) is 1. The average Bonchev–Trinajstić information content (AvgIpc) is 2.20. The Morgan fingerprint density at radius 2 is 2.11 bits per heavy atom. The molecule has 0 fully saturated rings. The number of carboxylic acid groups (broad SMARTS) is 1. The molecular formula is C10H10F3NO4. The van der Waals surface area contributed by atoms with Gasteiger partial charge in [0.25, 0.3) is 0 Å². The van der Waals surface area contributed by atoms with Gasteiger partial charge in [-0.2, -0.15) is 0 Å².